The van der Waals surface area contributed by atoms with Crippen molar-refractivity contribution in [2.24, 2.45) is 4.99 Å². The van der Waals surface area contributed by atoms with Crippen LogP contribution in [0, 0.1) is 0 Å². The van der Waals surface area contributed by atoms with Crippen LogP contribution in [0.15, 0.2) is 53.8 Å². The van der Waals surface area contributed by atoms with Crippen LogP contribution in [0.25, 0.3) is 0 Å². The Bertz CT molecular complexity index is 648. The summed E-state index contributed by atoms with van der Waals surface area (Å²) in [4.78, 5) is 15.6. The van der Waals surface area contributed by atoms with E-state index in [1.807, 2.05) is 36.7 Å². The third kappa shape index (κ3) is 5.46. The van der Waals surface area contributed by atoms with Gasteiger partial charge in [0.2, 0.25) is 0 Å². The molecule has 2 aromatic rings. The average molecular weight is 328 g/mol. The lowest BCUT2D eigenvalue weighted by Gasteiger charge is -2.12. The molecule has 2 N–H and O–H groups in total. The molecule has 0 unspecified atom stereocenters. The van der Waals surface area contributed by atoms with Crippen molar-refractivity contribution in [3.63, 3.8) is 0 Å². The van der Waals surface area contributed by atoms with Gasteiger partial charge in [-0.2, -0.15) is 0 Å². The molecule has 0 aliphatic heterocycles. The zero-order valence-corrected chi connectivity index (χ0v) is 14.2. The number of rotatable bonds is 7. The molecule has 0 aliphatic rings. The molecule has 0 bridgehead atoms. The number of ether oxygens (including phenoxy) is 1. The van der Waals surface area contributed by atoms with E-state index < -0.39 is 0 Å². The van der Waals surface area contributed by atoms with Gasteiger partial charge < -0.3 is 19.9 Å². The van der Waals surface area contributed by atoms with E-state index in [1.165, 1.54) is 7.11 Å². The summed E-state index contributed by atoms with van der Waals surface area (Å²) in [5.74, 6) is 0.473. The van der Waals surface area contributed by atoms with E-state index in [4.69, 9.17) is 4.74 Å². The van der Waals surface area contributed by atoms with Crippen LogP contribution in [0.1, 0.15) is 15.9 Å². The molecule has 0 aliphatic carbocycles. The number of nitrogens with zero attached hydrogens (tertiary/aromatic N) is 2. The smallest absolute Gasteiger partial charge is 0.337 e. The molecule has 0 amide bonds. The van der Waals surface area contributed by atoms with Gasteiger partial charge in [0.15, 0.2) is 5.96 Å². The molecule has 1 aromatic carbocycles. The van der Waals surface area contributed by atoms with Gasteiger partial charge >= 0.3 is 5.97 Å². The minimum atomic E-state index is -0.313. The maximum Gasteiger partial charge on any atom is 0.337 e. The van der Waals surface area contributed by atoms with E-state index in [9.17, 15) is 4.79 Å². The fourth-order valence-electron chi connectivity index (χ4n) is 2.29. The second-order valence-corrected chi connectivity index (χ2v) is 5.29. The Morgan fingerprint density at radius 2 is 1.79 bits per heavy atom. The highest BCUT2D eigenvalue weighted by molar-refractivity contribution is 5.89. The molecule has 1 heterocycles. The predicted octanol–water partition coefficient (Wildman–Crippen LogP) is 1.68. The molecule has 0 saturated carbocycles. The van der Waals surface area contributed by atoms with Gasteiger partial charge in [-0.1, -0.05) is 12.1 Å². The predicted molar refractivity (Wildman–Crippen MR) is 95.3 cm³/mol. The highest BCUT2D eigenvalue weighted by Gasteiger charge is 2.04. The first kappa shape index (κ1) is 17.6. The number of hydrogen-bond acceptors (Lipinski definition) is 3. The minimum absolute atomic E-state index is 0.313. The van der Waals surface area contributed by atoms with E-state index >= 15 is 0 Å². The molecular weight excluding hydrogens is 304 g/mol. The zero-order valence-electron chi connectivity index (χ0n) is 14.2. The lowest BCUT2D eigenvalue weighted by atomic mass is 10.1. The zero-order chi connectivity index (χ0) is 17.2. The van der Waals surface area contributed by atoms with Crippen molar-refractivity contribution in [3.05, 3.63) is 59.9 Å². The maximum absolute atomic E-state index is 11.4. The molecular formula is C18H24N4O2. The quantitative estimate of drug-likeness (QED) is 0.461. The van der Waals surface area contributed by atoms with Crippen molar-refractivity contribution in [2.45, 2.75) is 13.0 Å². The first-order chi connectivity index (χ1) is 11.7. The summed E-state index contributed by atoms with van der Waals surface area (Å²) in [6.45, 7) is 2.46. The van der Waals surface area contributed by atoms with Crippen LogP contribution < -0.4 is 10.6 Å². The largest absolute Gasteiger partial charge is 0.465 e. The fourth-order valence-corrected chi connectivity index (χ4v) is 2.29. The number of esters is 1. The molecule has 6 heteroatoms. The van der Waals surface area contributed by atoms with Gasteiger partial charge in [0, 0.05) is 39.1 Å². The molecule has 24 heavy (non-hydrogen) atoms. The lowest BCUT2D eigenvalue weighted by Crippen LogP contribution is -2.39. The number of carbonyl (C=O) groups excluding carboxylic acids is 1. The van der Waals surface area contributed by atoms with Gasteiger partial charge in [-0.15, -0.1) is 0 Å². The van der Waals surface area contributed by atoms with E-state index in [-0.39, 0.29) is 5.97 Å². The van der Waals surface area contributed by atoms with E-state index in [0.717, 1.165) is 37.6 Å². The van der Waals surface area contributed by atoms with Crippen molar-refractivity contribution >= 4 is 11.9 Å². The van der Waals surface area contributed by atoms with Crippen molar-refractivity contribution in [2.75, 3.05) is 27.2 Å². The van der Waals surface area contributed by atoms with Crippen molar-refractivity contribution in [3.8, 4) is 0 Å². The Labute approximate surface area is 142 Å². The van der Waals surface area contributed by atoms with Crippen molar-refractivity contribution in [1.29, 1.82) is 0 Å². The summed E-state index contributed by atoms with van der Waals surface area (Å²) in [6.07, 6.45) is 4.92. The molecule has 0 saturated heterocycles. The number of benzene rings is 1. The third-order valence-electron chi connectivity index (χ3n) is 3.63. The Kier molecular flexibility index (Phi) is 6.89. The summed E-state index contributed by atoms with van der Waals surface area (Å²) < 4.78 is 6.80. The van der Waals surface area contributed by atoms with Crippen LogP contribution in [0.3, 0.4) is 0 Å². The second-order valence-electron chi connectivity index (χ2n) is 5.29. The van der Waals surface area contributed by atoms with E-state index in [2.05, 4.69) is 20.2 Å². The first-order valence-electron chi connectivity index (χ1n) is 7.95. The van der Waals surface area contributed by atoms with Crippen LogP contribution in [0.4, 0.5) is 0 Å². The Balaban J connectivity index is 1.70. The molecule has 0 fully saturated rings. The number of guanidine groups is 1. The molecule has 0 atom stereocenters. The summed E-state index contributed by atoms with van der Waals surface area (Å²) in [5, 5.41) is 6.57. The van der Waals surface area contributed by atoms with Gasteiger partial charge in [0.25, 0.3) is 0 Å². The molecule has 6 nitrogen and oxygen atoms in total. The monoisotopic (exact) mass is 328 g/mol. The number of aliphatic imine (C=N–C) groups is 1. The topological polar surface area (TPSA) is 67.7 Å². The van der Waals surface area contributed by atoms with Crippen molar-refractivity contribution < 1.29 is 9.53 Å². The first-order valence-corrected chi connectivity index (χ1v) is 7.95. The Morgan fingerprint density at radius 3 is 2.42 bits per heavy atom. The number of aromatic nitrogens is 1. The minimum Gasteiger partial charge on any atom is -0.465 e. The van der Waals surface area contributed by atoms with Crippen LogP contribution in [0.5, 0.6) is 0 Å². The van der Waals surface area contributed by atoms with Gasteiger partial charge in [-0.05, 0) is 36.2 Å². The summed E-state index contributed by atoms with van der Waals surface area (Å²) in [6, 6.07) is 11.5. The molecule has 1 aromatic heterocycles. The van der Waals surface area contributed by atoms with Crippen molar-refractivity contribution in [1.82, 2.24) is 15.2 Å². The van der Waals surface area contributed by atoms with Gasteiger partial charge in [0.1, 0.15) is 0 Å². The van der Waals surface area contributed by atoms with Gasteiger partial charge in [-0.3, -0.25) is 4.99 Å². The molecule has 0 radical (unpaired) electrons. The number of methoxy groups -OCH3 is 1. The number of carbonyl (C=O) groups is 1. The van der Waals surface area contributed by atoms with Crippen LogP contribution in [-0.4, -0.2) is 43.7 Å². The average Bonchev–Trinajstić information content (AvgIpc) is 3.13. The normalized spacial score (nSPS) is 11.2. The summed E-state index contributed by atoms with van der Waals surface area (Å²) in [5.41, 5.74) is 1.72. The van der Waals surface area contributed by atoms with Crippen LogP contribution >= 0.6 is 0 Å². The number of nitrogens with one attached hydrogen (secondary N) is 2. The fraction of sp³-hybridized carbons (Fsp3) is 0.333. The highest BCUT2D eigenvalue weighted by atomic mass is 16.5. The number of hydrogen-bond donors (Lipinski definition) is 2. The maximum atomic E-state index is 11.4. The SMILES string of the molecule is CN=C(NCCc1ccc(C(=O)OC)cc1)NCCn1cccc1. The van der Waals surface area contributed by atoms with Crippen LogP contribution in [-0.2, 0) is 17.7 Å². The molecule has 0 spiro atoms. The molecule has 128 valence electrons. The summed E-state index contributed by atoms with van der Waals surface area (Å²) >= 11 is 0. The highest BCUT2D eigenvalue weighted by Crippen LogP contribution is 2.06. The lowest BCUT2D eigenvalue weighted by molar-refractivity contribution is 0.0600. The second kappa shape index (κ2) is 9.39. The Morgan fingerprint density at radius 1 is 1.12 bits per heavy atom. The van der Waals surface area contributed by atoms with Gasteiger partial charge in [0.05, 0.1) is 12.7 Å². The standard InChI is InChI=1S/C18H24N4O2/c1-19-18(21-11-14-22-12-3-4-13-22)20-10-9-15-5-7-16(8-6-15)17(23)24-2/h3-8,12-13H,9-11,14H2,1-2H3,(H2,19,20,21). The Hall–Kier alpha value is -2.76. The van der Waals surface area contributed by atoms with Gasteiger partial charge in [-0.25, -0.2) is 4.79 Å². The van der Waals surface area contributed by atoms with E-state index in [1.54, 1.807) is 19.2 Å². The molecule has 2 rings (SSSR count). The van der Waals surface area contributed by atoms with E-state index in [0.29, 0.717) is 5.56 Å². The van der Waals surface area contributed by atoms with Crippen LogP contribution in [0.2, 0.25) is 0 Å². The summed E-state index contributed by atoms with van der Waals surface area (Å²) in [7, 11) is 3.14. The third-order valence-corrected chi connectivity index (χ3v) is 3.63.